The van der Waals surface area contributed by atoms with Crippen molar-refractivity contribution in [2.24, 2.45) is 11.3 Å². The molecular weight excluding hydrogens is 172 g/mol. The first-order chi connectivity index (χ1) is 6.74. The molecule has 0 radical (unpaired) electrons. The summed E-state index contributed by atoms with van der Waals surface area (Å²) >= 11 is 0. The predicted molar refractivity (Wildman–Crippen MR) is 58.2 cm³/mol. The van der Waals surface area contributed by atoms with Crippen molar-refractivity contribution in [2.45, 2.75) is 64.7 Å². The Morgan fingerprint density at radius 1 is 1.29 bits per heavy atom. The first-order valence-electron chi connectivity index (χ1n) is 6.26. The number of ketones is 1. The van der Waals surface area contributed by atoms with Crippen molar-refractivity contribution in [2.75, 3.05) is 0 Å². The quantitative estimate of drug-likeness (QED) is 0.669. The zero-order valence-electron chi connectivity index (χ0n) is 9.35. The summed E-state index contributed by atoms with van der Waals surface area (Å²) in [7, 11) is 0. The molecular formula is C13H22O. The second-order valence-electron chi connectivity index (χ2n) is 5.41. The molecule has 1 heteroatoms. The van der Waals surface area contributed by atoms with E-state index in [0.29, 0.717) is 11.2 Å². The highest BCUT2D eigenvalue weighted by Gasteiger charge is 2.40. The summed E-state index contributed by atoms with van der Waals surface area (Å²) in [5, 5.41) is 0. The number of carbonyl (C=O) groups excluding carboxylic acids is 1. The summed E-state index contributed by atoms with van der Waals surface area (Å²) in [6, 6.07) is 0. The summed E-state index contributed by atoms with van der Waals surface area (Å²) in [5.41, 5.74) is 0.693. The van der Waals surface area contributed by atoms with Crippen LogP contribution in [0.5, 0.6) is 0 Å². The highest BCUT2D eigenvalue weighted by atomic mass is 16.1. The smallest absolute Gasteiger partial charge is 0.132 e. The van der Waals surface area contributed by atoms with Crippen LogP contribution in [0, 0.1) is 11.3 Å². The minimum absolute atomic E-state index is 0.477. The molecule has 14 heavy (non-hydrogen) atoms. The third kappa shape index (κ3) is 2.02. The lowest BCUT2D eigenvalue weighted by Crippen LogP contribution is -2.12. The highest BCUT2D eigenvalue weighted by Crippen LogP contribution is 2.53. The number of carbonyl (C=O) groups is 1. The molecule has 0 heterocycles. The summed E-state index contributed by atoms with van der Waals surface area (Å²) in [5.74, 6) is 1.21. The first kappa shape index (κ1) is 10.2. The Balaban J connectivity index is 1.85. The molecule has 1 unspecified atom stereocenters. The van der Waals surface area contributed by atoms with Crippen LogP contribution < -0.4 is 0 Å². The molecule has 1 spiro atoms. The van der Waals surface area contributed by atoms with Crippen molar-refractivity contribution >= 4 is 5.78 Å². The van der Waals surface area contributed by atoms with Crippen molar-refractivity contribution in [3.63, 3.8) is 0 Å². The van der Waals surface area contributed by atoms with Crippen molar-refractivity contribution in [1.29, 1.82) is 0 Å². The van der Waals surface area contributed by atoms with Gasteiger partial charge in [-0.25, -0.2) is 0 Å². The van der Waals surface area contributed by atoms with Crippen LogP contribution in [0.3, 0.4) is 0 Å². The zero-order chi connectivity index (χ0) is 10.0. The van der Waals surface area contributed by atoms with E-state index in [1.165, 1.54) is 44.9 Å². The van der Waals surface area contributed by atoms with Crippen LogP contribution in [-0.4, -0.2) is 5.78 Å². The fraction of sp³-hybridized carbons (Fsp3) is 0.923. The molecule has 0 aromatic carbocycles. The van der Waals surface area contributed by atoms with Gasteiger partial charge >= 0.3 is 0 Å². The fourth-order valence-corrected chi connectivity index (χ4v) is 3.55. The third-order valence-electron chi connectivity index (χ3n) is 4.38. The zero-order valence-corrected chi connectivity index (χ0v) is 9.35. The maximum atomic E-state index is 11.4. The maximum Gasteiger partial charge on any atom is 0.132 e. The van der Waals surface area contributed by atoms with E-state index in [0.717, 1.165) is 18.8 Å². The normalized spacial score (nSPS) is 29.9. The van der Waals surface area contributed by atoms with Crippen LogP contribution in [0.15, 0.2) is 0 Å². The van der Waals surface area contributed by atoms with E-state index in [1.807, 2.05) is 6.92 Å². The average molecular weight is 194 g/mol. The summed E-state index contributed by atoms with van der Waals surface area (Å²) in [4.78, 5) is 11.4. The number of rotatable bonds is 3. The molecule has 0 aliphatic heterocycles. The minimum Gasteiger partial charge on any atom is -0.300 e. The number of Topliss-reactive ketones (excluding diaryl/α,β-unsaturated/α-hetero) is 1. The van der Waals surface area contributed by atoms with Gasteiger partial charge in [-0.15, -0.1) is 0 Å². The van der Waals surface area contributed by atoms with Gasteiger partial charge in [-0.3, -0.25) is 4.79 Å². The van der Waals surface area contributed by atoms with Gasteiger partial charge < -0.3 is 0 Å². The predicted octanol–water partition coefficient (Wildman–Crippen LogP) is 3.72. The van der Waals surface area contributed by atoms with Crippen LogP contribution in [-0.2, 0) is 4.79 Å². The summed E-state index contributed by atoms with van der Waals surface area (Å²) < 4.78 is 0. The van der Waals surface area contributed by atoms with E-state index in [-0.39, 0.29) is 0 Å². The molecule has 0 N–H and O–H groups in total. The molecule has 2 aliphatic carbocycles. The lowest BCUT2D eigenvalue weighted by molar-refractivity contribution is -0.119. The molecule has 2 rings (SSSR count). The average Bonchev–Trinajstić information content (AvgIpc) is 2.78. The van der Waals surface area contributed by atoms with E-state index in [1.54, 1.807) is 0 Å². The van der Waals surface area contributed by atoms with Crippen molar-refractivity contribution < 1.29 is 4.79 Å². The molecule has 80 valence electrons. The Labute approximate surface area is 87.3 Å². The monoisotopic (exact) mass is 194 g/mol. The van der Waals surface area contributed by atoms with Gasteiger partial charge in [0, 0.05) is 12.8 Å². The molecule has 2 fully saturated rings. The second-order valence-corrected chi connectivity index (χ2v) is 5.41. The SMILES string of the molecule is CCC(=O)CC1CCC2(CCCC2)C1. The number of hydrogen-bond acceptors (Lipinski definition) is 1. The lowest BCUT2D eigenvalue weighted by atomic mass is 9.83. The minimum atomic E-state index is 0.477. The Bertz CT molecular complexity index is 213. The molecule has 0 bridgehead atoms. The Kier molecular flexibility index (Phi) is 2.94. The molecule has 0 saturated heterocycles. The molecule has 0 amide bonds. The maximum absolute atomic E-state index is 11.4. The van der Waals surface area contributed by atoms with Crippen molar-refractivity contribution in [3.8, 4) is 0 Å². The first-order valence-corrected chi connectivity index (χ1v) is 6.26. The molecule has 0 aromatic heterocycles. The van der Waals surface area contributed by atoms with Gasteiger partial charge in [0.05, 0.1) is 0 Å². The van der Waals surface area contributed by atoms with Gasteiger partial charge in [-0.1, -0.05) is 19.8 Å². The lowest BCUT2D eigenvalue weighted by Gasteiger charge is -2.22. The highest BCUT2D eigenvalue weighted by molar-refractivity contribution is 5.78. The Morgan fingerprint density at radius 3 is 2.64 bits per heavy atom. The van der Waals surface area contributed by atoms with Gasteiger partial charge in [0.25, 0.3) is 0 Å². The van der Waals surface area contributed by atoms with Gasteiger partial charge in [0.1, 0.15) is 5.78 Å². The molecule has 1 nitrogen and oxygen atoms in total. The van der Waals surface area contributed by atoms with Crippen molar-refractivity contribution in [1.82, 2.24) is 0 Å². The van der Waals surface area contributed by atoms with Crippen LogP contribution in [0.1, 0.15) is 64.7 Å². The molecule has 1 atom stereocenters. The number of hydrogen-bond donors (Lipinski definition) is 0. The van der Waals surface area contributed by atoms with Crippen molar-refractivity contribution in [3.05, 3.63) is 0 Å². The fourth-order valence-electron chi connectivity index (χ4n) is 3.55. The molecule has 2 saturated carbocycles. The van der Waals surface area contributed by atoms with Gasteiger partial charge in [0.15, 0.2) is 0 Å². The van der Waals surface area contributed by atoms with Gasteiger partial charge in [-0.05, 0) is 43.4 Å². The van der Waals surface area contributed by atoms with Crippen LogP contribution >= 0.6 is 0 Å². The van der Waals surface area contributed by atoms with Gasteiger partial charge in [0.2, 0.25) is 0 Å². The standard InChI is InChI=1S/C13H22O/c1-2-12(14)9-11-5-8-13(10-11)6-3-4-7-13/h11H,2-10H2,1H3. The van der Waals surface area contributed by atoms with Crippen LogP contribution in [0.4, 0.5) is 0 Å². The summed E-state index contributed by atoms with van der Waals surface area (Å²) in [6.07, 6.45) is 11.5. The van der Waals surface area contributed by atoms with E-state index in [2.05, 4.69) is 0 Å². The van der Waals surface area contributed by atoms with Crippen LogP contribution in [0.25, 0.3) is 0 Å². The summed E-state index contributed by atoms with van der Waals surface area (Å²) in [6.45, 7) is 1.99. The Morgan fingerprint density at radius 2 is 2.00 bits per heavy atom. The van der Waals surface area contributed by atoms with Gasteiger partial charge in [-0.2, -0.15) is 0 Å². The van der Waals surface area contributed by atoms with E-state index >= 15 is 0 Å². The van der Waals surface area contributed by atoms with E-state index < -0.39 is 0 Å². The second kappa shape index (κ2) is 4.04. The van der Waals surface area contributed by atoms with E-state index in [4.69, 9.17) is 0 Å². The van der Waals surface area contributed by atoms with Crippen LogP contribution in [0.2, 0.25) is 0 Å². The topological polar surface area (TPSA) is 17.1 Å². The Hall–Kier alpha value is -0.330. The third-order valence-corrected chi connectivity index (χ3v) is 4.38. The molecule has 2 aliphatic rings. The largest absolute Gasteiger partial charge is 0.300 e. The van der Waals surface area contributed by atoms with E-state index in [9.17, 15) is 4.79 Å². The molecule has 0 aromatic rings.